The highest BCUT2D eigenvalue weighted by Gasteiger charge is 2.66. The van der Waals surface area contributed by atoms with E-state index in [9.17, 15) is 14.7 Å². The van der Waals surface area contributed by atoms with Crippen molar-refractivity contribution < 1.29 is 29.0 Å². The van der Waals surface area contributed by atoms with Crippen LogP contribution >= 0.6 is 0 Å². The number of Topliss-reactive ketones (excluding diaryl/α,β-unsaturated/α-hetero) is 1. The Kier molecular flexibility index (Phi) is 7.52. The zero-order valence-electron chi connectivity index (χ0n) is 27.5. The molecule has 3 aliphatic carbocycles. The van der Waals surface area contributed by atoms with Crippen LogP contribution in [0.2, 0.25) is 0 Å². The summed E-state index contributed by atoms with van der Waals surface area (Å²) in [6.07, 6.45) is 5.72. The van der Waals surface area contributed by atoms with Crippen molar-refractivity contribution in [1.82, 2.24) is 0 Å². The highest BCUT2D eigenvalue weighted by Crippen LogP contribution is 2.64. The third kappa shape index (κ3) is 4.49. The van der Waals surface area contributed by atoms with E-state index in [0.29, 0.717) is 34.4 Å². The summed E-state index contributed by atoms with van der Waals surface area (Å²) in [5, 5.41) is 11.1. The number of anilines is 1. The molecule has 0 aromatic heterocycles. The number of imide groups is 1. The number of allylic oxidation sites excluding steroid dienone is 4. The predicted molar refractivity (Wildman–Crippen MR) is 190 cm³/mol. The summed E-state index contributed by atoms with van der Waals surface area (Å²) < 4.78 is 5.37. The van der Waals surface area contributed by atoms with Gasteiger partial charge in [0.1, 0.15) is 0 Å². The Morgan fingerprint density at radius 1 is 0.860 bits per heavy atom. The Bertz CT molecular complexity index is 2130. The first-order valence-electron chi connectivity index (χ1n) is 16.9. The summed E-state index contributed by atoms with van der Waals surface area (Å²) in [7, 11) is 1.47. The minimum atomic E-state index is -1.38. The summed E-state index contributed by atoms with van der Waals surface area (Å²) in [6, 6.07) is 30.8. The van der Waals surface area contributed by atoms with E-state index in [0.717, 1.165) is 11.1 Å². The molecule has 1 saturated heterocycles. The minimum Gasteiger partial charge on any atom is -0.504 e. The molecule has 6 atom stereocenters. The Hall–Kier alpha value is -5.82. The SMILES string of the molecule is C=Cc1ccc(N2C(=O)C3CC=C4C(CC5C(=O)C(c6ccccc6)=CC(=O)C5(c5ccccc5)C4c4ccc(OC)c(O)c4)C3C2=O)cc1. The molecule has 6 unspecified atom stereocenters. The molecule has 0 spiro atoms. The van der Waals surface area contributed by atoms with Gasteiger partial charge in [0.15, 0.2) is 23.1 Å². The van der Waals surface area contributed by atoms with Gasteiger partial charge in [0, 0.05) is 17.4 Å². The van der Waals surface area contributed by atoms with Crippen molar-refractivity contribution in [3.8, 4) is 11.5 Å². The number of nitrogens with zero attached hydrogens (tertiary/aromatic N) is 1. The predicted octanol–water partition coefficient (Wildman–Crippen LogP) is 7.07. The van der Waals surface area contributed by atoms with Crippen LogP contribution in [0.15, 0.2) is 127 Å². The summed E-state index contributed by atoms with van der Waals surface area (Å²) in [5.41, 5.74) is 3.11. The highest BCUT2D eigenvalue weighted by atomic mass is 16.5. The molecule has 1 N–H and O–H groups in total. The lowest BCUT2D eigenvalue weighted by Gasteiger charge is -2.55. The van der Waals surface area contributed by atoms with Crippen LogP contribution in [0.4, 0.5) is 5.69 Å². The molecule has 8 rings (SSSR count). The fourth-order valence-corrected chi connectivity index (χ4v) is 9.15. The third-order valence-corrected chi connectivity index (χ3v) is 11.3. The average molecular weight is 662 g/mol. The van der Waals surface area contributed by atoms with E-state index in [-0.39, 0.29) is 41.3 Å². The van der Waals surface area contributed by atoms with Gasteiger partial charge in [0.25, 0.3) is 0 Å². The molecule has 4 aromatic carbocycles. The molecule has 0 bridgehead atoms. The number of phenolic OH excluding ortho intramolecular Hbond substituents is 1. The maximum Gasteiger partial charge on any atom is 0.238 e. The van der Waals surface area contributed by atoms with Crippen molar-refractivity contribution in [3.63, 3.8) is 0 Å². The van der Waals surface area contributed by atoms with Crippen LogP contribution in [-0.2, 0) is 24.6 Å². The number of rotatable bonds is 6. The quantitative estimate of drug-likeness (QED) is 0.175. The Morgan fingerprint density at radius 2 is 1.56 bits per heavy atom. The molecule has 4 aliphatic rings. The standard InChI is InChI=1S/C43H35NO6/c1-3-25-14-17-29(18-15-25)44-41(48)31-20-19-30-33(38(31)42(44)49)23-34-40(47)32(26-10-6-4-7-11-26)24-37(46)43(34,28-12-8-5-9-13-28)39(30)27-16-21-36(50-2)35(45)22-27/h3-19,21-22,24,31,33-34,38-39,45H,1,20,23H2,2H3. The molecule has 1 aliphatic heterocycles. The molecular formula is C43H35NO6. The monoisotopic (exact) mass is 661 g/mol. The lowest BCUT2D eigenvalue weighted by atomic mass is 9.44. The van der Waals surface area contributed by atoms with E-state index in [2.05, 4.69) is 6.58 Å². The van der Waals surface area contributed by atoms with Gasteiger partial charge in [-0.1, -0.05) is 103 Å². The Morgan fingerprint density at radius 3 is 2.22 bits per heavy atom. The Balaban J connectivity index is 1.35. The van der Waals surface area contributed by atoms with Crippen molar-refractivity contribution >= 4 is 40.7 Å². The third-order valence-electron chi connectivity index (χ3n) is 11.3. The zero-order valence-corrected chi connectivity index (χ0v) is 27.5. The number of phenols is 1. The van der Waals surface area contributed by atoms with E-state index in [4.69, 9.17) is 4.74 Å². The van der Waals surface area contributed by atoms with Gasteiger partial charge in [0.2, 0.25) is 11.8 Å². The molecule has 1 saturated carbocycles. The number of fused-ring (bicyclic) bond motifs is 4. The van der Waals surface area contributed by atoms with Crippen LogP contribution in [0.3, 0.4) is 0 Å². The number of carbonyl (C=O) groups is 4. The minimum absolute atomic E-state index is 0.0995. The number of ketones is 2. The highest BCUT2D eigenvalue weighted by molar-refractivity contribution is 6.32. The lowest BCUT2D eigenvalue weighted by molar-refractivity contribution is -0.135. The van der Waals surface area contributed by atoms with E-state index in [1.54, 1.807) is 30.3 Å². The maximum atomic E-state index is 15.1. The zero-order chi connectivity index (χ0) is 34.7. The van der Waals surface area contributed by atoms with Crippen LogP contribution in [0.25, 0.3) is 11.6 Å². The van der Waals surface area contributed by atoms with Gasteiger partial charge in [-0.3, -0.25) is 24.1 Å². The molecule has 2 amide bonds. The number of hydrogen-bond acceptors (Lipinski definition) is 6. The van der Waals surface area contributed by atoms with Crippen LogP contribution in [0.1, 0.15) is 41.0 Å². The van der Waals surface area contributed by atoms with Gasteiger partial charge in [-0.25, -0.2) is 0 Å². The second kappa shape index (κ2) is 11.9. The molecule has 2 fully saturated rings. The molecule has 1 heterocycles. The lowest BCUT2D eigenvalue weighted by Crippen LogP contribution is -2.58. The molecule has 7 heteroatoms. The molecule has 0 radical (unpaired) electrons. The van der Waals surface area contributed by atoms with Gasteiger partial charge < -0.3 is 9.84 Å². The number of carbonyl (C=O) groups excluding carboxylic acids is 4. The van der Waals surface area contributed by atoms with Gasteiger partial charge in [-0.2, -0.15) is 0 Å². The molecule has 50 heavy (non-hydrogen) atoms. The van der Waals surface area contributed by atoms with Gasteiger partial charge in [0.05, 0.1) is 30.0 Å². The largest absolute Gasteiger partial charge is 0.504 e. The summed E-state index contributed by atoms with van der Waals surface area (Å²) in [6.45, 7) is 3.80. The van der Waals surface area contributed by atoms with Gasteiger partial charge in [-0.05, 0) is 71.4 Å². The number of amides is 2. The number of hydrogen-bond donors (Lipinski definition) is 1. The molecule has 7 nitrogen and oxygen atoms in total. The first-order valence-corrected chi connectivity index (χ1v) is 16.9. The van der Waals surface area contributed by atoms with Crippen molar-refractivity contribution in [2.24, 2.45) is 23.7 Å². The van der Waals surface area contributed by atoms with E-state index >= 15 is 9.59 Å². The van der Waals surface area contributed by atoms with E-state index in [1.165, 1.54) is 18.1 Å². The normalized spacial score (nSPS) is 27.1. The first-order chi connectivity index (χ1) is 24.3. The smallest absolute Gasteiger partial charge is 0.238 e. The average Bonchev–Trinajstić information content (AvgIpc) is 3.41. The van der Waals surface area contributed by atoms with Crippen molar-refractivity contribution in [3.05, 3.63) is 150 Å². The van der Waals surface area contributed by atoms with Crippen molar-refractivity contribution in [1.29, 1.82) is 0 Å². The molecule has 248 valence electrons. The molecular weight excluding hydrogens is 626 g/mol. The number of aromatic hydroxyl groups is 1. The second-order valence-corrected chi connectivity index (χ2v) is 13.5. The van der Waals surface area contributed by atoms with E-state index < -0.39 is 35.0 Å². The number of ether oxygens (including phenoxy) is 1. The summed E-state index contributed by atoms with van der Waals surface area (Å²) in [4.78, 5) is 60.0. The second-order valence-electron chi connectivity index (χ2n) is 13.5. The number of benzene rings is 4. The first kappa shape index (κ1) is 31.4. The fraction of sp³-hybridized carbons (Fsp3) is 0.209. The van der Waals surface area contributed by atoms with Gasteiger partial charge in [-0.15, -0.1) is 0 Å². The maximum absolute atomic E-state index is 15.1. The summed E-state index contributed by atoms with van der Waals surface area (Å²) >= 11 is 0. The fourth-order valence-electron chi connectivity index (χ4n) is 9.15. The van der Waals surface area contributed by atoms with Gasteiger partial charge >= 0.3 is 0 Å². The number of methoxy groups -OCH3 is 1. The van der Waals surface area contributed by atoms with Crippen LogP contribution in [0.5, 0.6) is 11.5 Å². The van der Waals surface area contributed by atoms with Crippen LogP contribution < -0.4 is 9.64 Å². The summed E-state index contributed by atoms with van der Waals surface area (Å²) in [5.74, 6) is -4.23. The van der Waals surface area contributed by atoms with E-state index in [1.807, 2.05) is 84.9 Å². The molecule has 4 aromatic rings. The van der Waals surface area contributed by atoms with Crippen molar-refractivity contribution in [2.75, 3.05) is 12.0 Å². The Labute approximate surface area is 290 Å². The van der Waals surface area contributed by atoms with Crippen molar-refractivity contribution in [2.45, 2.75) is 24.2 Å². The van der Waals surface area contributed by atoms with Crippen LogP contribution in [-0.4, -0.2) is 35.6 Å². The van der Waals surface area contributed by atoms with Crippen LogP contribution in [0, 0.1) is 23.7 Å². The topological polar surface area (TPSA) is 101 Å².